The lowest BCUT2D eigenvalue weighted by Gasteiger charge is -2.19. The number of nitrogens with one attached hydrogen (secondary N) is 4. The van der Waals surface area contributed by atoms with Crippen LogP contribution in [0.15, 0.2) is 97.6 Å². The van der Waals surface area contributed by atoms with Crippen LogP contribution in [0.1, 0.15) is 41.4 Å². The Balaban J connectivity index is 1.32. The summed E-state index contributed by atoms with van der Waals surface area (Å²) in [6.45, 7) is 4.22. The van der Waals surface area contributed by atoms with E-state index in [1.807, 2.05) is 0 Å². The van der Waals surface area contributed by atoms with Crippen molar-refractivity contribution in [2.24, 2.45) is 0 Å². The highest BCUT2D eigenvalue weighted by atomic mass is 16.6. The third kappa shape index (κ3) is 20.7. The van der Waals surface area contributed by atoms with E-state index in [-0.39, 0.29) is 144 Å². The van der Waals surface area contributed by atoms with Crippen molar-refractivity contribution in [2.45, 2.75) is 0 Å². The van der Waals surface area contributed by atoms with E-state index in [1.165, 1.54) is 77.5 Å². The van der Waals surface area contributed by atoms with Crippen molar-refractivity contribution in [3.63, 3.8) is 0 Å². The Bertz CT molecular complexity index is 2980. The molecule has 0 atom stereocenters. The van der Waals surface area contributed by atoms with Gasteiger partial charge in [-0.15, -0.1) is 0 Å². The molecule has 0 aliphatic heterocycles. The second-order valence-electron chi connectivity index (χ2n) is 18.3. The lowest BCUT2D eigenvalue weighted by molar-refractivity contribution is 0.0542. The number of carbonyl (C=O) groups excluding carboxylic acids is 4. The largest absolute Gasteiger partial charge is 0.494 e. The number of pyridine rings is 2. The number of hydrogen-bond acceptors (Lipinski definition) is 22. The van der Waals surface area contributed by atoms with E-state index in [0.29, 0.717) is 64.0 Å². The third-order valence-electron chi connectivity index (χ3n) is 12.5. The van der Waals surface area contributed by atoms with E-state index < -0.39 is 23.6 Å². The van der Waals surface area contributed by atoms with E-state index in [1.54, 1.807) is 77.0 Å². The minimum Gasteiger partial charge on any atom is -0.494 e. The standard InChI is InChI=1S/C62H76N6O20/c1-73-17-21-81-25-29-85-51-11-9-41(33-43(51)59(69)65-47-35-49(57(79-7)37-55(47)77-5)67-61(71)45-39-63-15-13-53(45)87-31-27-83-23-19-75-3)42-10-12-52(86-30-26-82-22-18-74-2)44(34-42)60(70)66-48-36-50(58(80-8)38-56(48)78-6)68-62(72)46-40-64-16-14-54(46)88-32-28-84-24-20-76-4/h9-16,33-40H,17-32H2,1-8H3,(H,65,69)(H,66,70)(H,67,71)(H,68,72). The molecule has 0 aliphatic rings. The molecule has 0 spiro atoms. The van der Waals surface area contributed by atoms with Crippen LogP contribution in [0.25, 0.3) is 11.1 Å². The van der Waals surface area contributed by atoms with Crippen LogP contribution in [0.4, 0.5) is 22.7 Å². The number of methoxy groups -OCH3 is 8. The van der Waals surface area contributed by atoms with Crippen molar-refractivity contribution in [1.29, 1.82) is 0 Å². The fraction of sp³-hybridized carbons (Fsp3) is 0.387. The first-order valence-corrected chi connectivity index (χ1v) is 27.7. The van der Waals surface area contributed by atoms with Crippen LogP contribution in [0, 0.1) is 0 Å². The molecule has 4 amide bonds. The van der Waals surface area contributed by atoms with Gasteiger partial charge in [-0.2, -0.15) is 0 Å². The first kappa shape index (κ1) is 68.3. The van der Waals surface area contributed by atoms with Gasteiger partial charge in [-0.25, -0.2) is 0 Å². The number of hydrogen-bond donors (Lipinski definition) is 4. The summed E-state index contributed by atoms with van der Waals surface area (Å²) in [5.41, 5.74) is 1.96. The van der Waals surface area contributed by atoms with Gasteiger partial charge in [0.1, 0.15) is 72.4 Å². The number of benzene rings is 4. The number of anilines is 4. The Labute approximate surface area is 510 Å². The molecule has 26 nitrogen and oxygen atoms in total. The van der Waals surface area contributed by atoms with Crippen molar-refractivity contribution in [3.8, 4) is 57.1 Å². The molecule has 0 bridgehead atoms. The van der Waals surface area contributed by atoms with Gasteiger partial charge < -0.3 is 97.1 Å². The SMILES string of the molecule is COCCOCCOc1ccncc1C(=O)Nc1cc(NC(=O)c2cc(-c3ccc(OCCOCCOC)c(C(=O)Nc4cc(NC(=O)c5cnccc5OCCOCCOC)c(OC)cc4OC)c3)ccc2OCCOCCOC)c(OC)cc1OC. The van der Waals surface area contributed by atoms with Crippen LogP contribution < -0.4 is 59.2 Å². The Morgan fingerprint density at radius 3 is 0.864 bits per heavy atom. The summed E-state index contributed by atoms with van der Waals surface area (Å²) in [6, 6.07) is 19.0. The summed E-state index contributed by atoms with van der Waals surface area (Å²) in [6.07, 6.45) is 5.72. The smallest absolute Gasteiger partial charge is 0.261 e. The van der Waals surface area contributed by atoms with E-state index in [4.69, 9.17) is 75.8 Å². The molecule has 2 aromatic heterocycles. The van der Waals surface area contributed by atoms with Crippen LogP contribution >= 0.6 is 0 Å². The van der Waals surface area contributed by atoms with Gasteiger partial charge in [0.05, 0.1) is 153 Å². The molecule has 2 heterocycles. The van der Waals surface area contributed by atoms with E-state index in [0.717, 1.165) is 0 Å². The summed E-state index contributed by atoms with van der Waals surface area (Å²) in [4.78, 5) is 65.7. The zero-order valence-corrected chi connectivity index (χ0v) is 50.6. The Hall–Kier alpha value is -8.86. The van der Waals surface area contributed by atoms with Crippen LogP contribution in [0.5, 0.6) is 46.0 Å². The average molecular weight is 1230 g/mol. The number of ether oxygens (including phenoxy) is 16. The predicted octanol–water partition coefficient (Wildman–Crippen LogP) is 7.35. The molecule has 0 fully saturated rings. The van der Waals surface area contributed by atoms with Gasteiger partial charge in [-0.05, 0) is 59.7 Å². The first-order chi connectivity index (χ1) is 43.0. The van der Waals surface area contributed by atoms with Crippen molar-refractivity contribution < 1.29 is 95.0 Å². The van der Waals surface area contributed by atoms with Gasteiger partial charge in [0.25, 0.3) is 23.6 Å². The monoisotopic (exact) mass is 1220 g/mol. The summed E-state index contributed by atoms with van der Waals surface area (Å²) in [5, 5.41) is 11.5. The molecule has 4 N–H and O–H groups in total. The molecule has 0 saturated heterocycles. The zero-order chi connectivity index (χ0) is 62.9. The predicted molar refractivity (Wildman–Crippen MR) is 324 cm³/mol. The fourth-order valence-corrected chi connectivity index (χ4v) is 8.15. The Morgan fingerprint density at radius 1 is 0.307 bits per heavy atom. The summed E-state index contributed by atoms with van der Waals surface area (Å²) >= 11 is 0. The number of nitrogens with zero attached hydrogens (tertiary/aromatic N) is 2. The van der Waals surface area contributed by atoms with Crippen molar-refractivity contribution in [2.75, 3.05) is 184 Å². The highest BCUT2D eigenvalue weighted by Crippen LogP contribution is 2.40. The van der Waals surface area contributed by atoms with Crippen molar-refractivity contribution in [1.82, 2.24) is 9.97 Å². The molecule has 6 rings (SSSR count). The maximum absolute atomic E-state index is 14.8. The minimum atomic E-state index is -0.648. The molecule has 474 valence electrons. The molecule has 0 unspecified atom stereocenters. The van der Waals surface area contributed by atoms with Crippen LogP contribution in [0.2, 0.25) is 0 Å². The summed E-state index contributed by atoms with van der Waals surface area (Å²) < 4.78 is 89.4. The molecule has 6 aromatic rings. The van der Waals surface area contributed by atoms with Gasteiger partial charge in [0.2, 0.25) is 0 Å². The molecule has 0 radical (unpaired) electrons. The van der Waals surface area contributed by atoms with Crippen LogP contribution in [-0.2, 0) is 37.9 Å². The maximum Gasteiger partial charge on any atom is 0.261 e. The highest BCUT2D eigenvalue weighted by Gasteiger charge is 2.25. The molecule has 88 heavy (non-hydrogen) atoms. The van der Waals surface area contributed by atoms with Gasteiger partial charge in [0.15, 0.2) is 0 Å². The van der Waals surface area contributed by atoms with E-state index in [2.05, 4.69) is 31.2 Å². The number of aromatic nitrogens is 2. The summed E-state index contributed by atoms with van der Waals surface area (Å²) in [5.74, 6) is -0.793. The topological polar surface area (TPSA) is 290 Å². The second kappa shape index (κ2) is 37.6. The Morgan fingerprint density at radius 2 is 0.580 bits per heavy atom. The van der Waals surface area contributed by atoms with Crippen LogP contribution in [-0.4, -0.2) is 196 Å². The lowest BCUT2D eigenvalue weighted by Crippen LogP contribution is -2.18. The highest BCUT2D eigenvalue weighted by molar-refractivity contribution is 6.12. The average Bonchev–Trinajstić information content (AvgIpc) is 3.10. The maximum atomic E-state index is 14.8. The normalized spacial score (nSPS) is 10.9. The van der Waals surface area contributed by atoms with Crippen molar-refractivity contribution >= 4 is 46.4 Å². The molecule has 0 aliphatic carbocycles. The Kier molecular flexibility index (Phi) is 29.2. The van der Waals surface area contributed by atoms with E-state index >= 15 is 0 Å². The molecular formula is C62H76N6O20. The number of rotatable bonds is 41. The molecule has 26 heteroatoms. The summed E-state index contributed by atoms with van der Waals surface area (Å²) in [7, 11) is 11.9. The quantitative estimate of drug-likeness (QED) is 0.0273. The number of carbonyl (C=O) groups is 4. The zero-order valence-electron chi connectivity index (χ0n) is 50.6. The number of amides is 4. The molecule has 0 saturated carbocycles. The second-order valence-corrected chi connectivity index (χ2v) is 18.3. The fourth-order valence-electron chi connectivity index (χ4n) is 8.15. The van der Waals surface area contributed by atoms with Gasteiger partial charge in [-0.3, -0.25) is 29.1 Å². The lowest BCUT2D eigenvalue weighted by atomic mass is 9.99. The minimum absolute atomic E-state index is 0.0583. The van der Waals surface area contributed by atoms with Gasteiger partial charge in [-0.1, -0.05) is 12.1 Å². The third-order valence-corrected chi connectivity index (χ3v) is 12.5. The van der Waals surface area contributed by atoms with Gasteiger partial charge >= 0.3 is 0 Å². The van der Waals surface area contributed by atoms with E-state index in [9.17, 15) is 19.2 Å². The molecule has 4 aromatic carbocycles. The van der Waals surface area contributed by atoms with Gasteiger partial charge in [0, 0.05) is 65.4 Å². The first-order valence-electron chi connectivity index (χ1n) is 27.7. The molecular weight excluding hydrogens is 1150 g/mol. The van der Waals surface area contributed by atoms with Crippen molar-refractivity contribution in [3.05, 3.63) is 120 Å². The van der Waals surface area contributed by atoms with Crippen LogP contribution in [0.3, 0.4) is 0 Å².